The number of amides is 1. The van der Waals surface area contributed by atoms with Gasteiger partial charge in [-0.25, -0.2) is 0 Å². The van der Waals surface area contributed by atoms with Crippen LogP contribution in [0.2, 0.25) is 0 Å². The van der Waals surface area contributed by atoms with Crippen LogP contribution in [-0.2, 0) is 0 Å². The van der Waals surface area contributed by atoms with Gasteiger partial charge >= 0.3 is 0 Å². The number of carbonyl (C=O) groups excluding carboxylic acids is 1. The van der Waals surface area contributed by atoms with E-state index in [1.165, 1.54) is 0 Å². The Hall–Kier alpha value is -2.34. The molecule has 0 spiro atoms. The predicted octanol–water partition coefficient (Wildman–Crippen LogP) is 5.75. The second-order valence-electron chi connectivity index (χ2n) is 5.75. The van der Waals surface area contributed by atoms with E-state index in [0.717, 1.165) is 36.8 Å². The third kappa shape index (κ3) is 2.67. The van der Waals surface area contributed by atoms with Crippen LogP contribution < -0.4 is 5.32 Å². The number of carbonyl (C=O) groups is 1. The van der Waals surface area contributed by atoms with Gasteiger partial charge in [-0.15, -0.1) is 0 Å². The molecule has 0 bridgehead atoms. The Morgan fingerprint density at radius 3 is 2.58 bits per heavy atom. The highest BCUT2D eigenvalue weighted by Gasteiger charge is 2.12. The summed E-state index contributed by atoms with van der Waals surface area (Å²) in [7, 11) is 0. The summed E-state index contributed by atoms with van der Waals surface area (Å²) in [5.41, 5.74) is 4.16. The number of fused-ring (bicyclic) bond motifs is 3. The van der Waals surface area contributed by atoms with Crippen molar-refractivity contribution in [3.8, 4) is 0 Å². The Labute approximate surface area is 152 Å². The summed E-state index contributed by atoms with van der Waals surface area (Å²) in [5, 5.41) is 5.08. The van der Waals surface area contributed by atoms with Gasteiger partial charge in [0.25, 0.3) is 5.91 Å². The van der Waals surface area contributed by atoms with Gasteiger partial charge in [0.05, 0.1) is 5.56 Å². The molecule has 24 heavy (non-hydrogen) atoms. The molecule has 1 amide bonds. The zero-order valence-electron chi connectivity index (χ0n) is 13.0. The number of aryl methyl sites for hydroxylation is 1. The summed E-state index contributed by atoms with van der Waals surface area (Å²) in [4.78, 5) is 12.5. The maximum absolute atomic E-state index is 12.5. The van der Waals surface area contributed by atoms with E-state index < -0.39 is 0 Å². The van der Waals surface area contributed by atoms with Crippen molar-refractivity contribution < 1.29 is 9.21 Å². The van der Waals surface area contributed by atoms with E-state index in [1.54, 1.807) is 0 Å². The molecular weight excluding hydrogens is 413 g/mol. The average Bonchev–Trinajstić information content (AvgIpc) is 2.92. The number of hydrogen-bond donors (Lipinski definition) is 1. The number of anilines is 1. The second kappa shape index (κ2) is 5.94. The van der Waals surface area contributed by atoms with Gasteiger partial charge in [0, 0.05) is 26.1 Å². The molecule has 118 valence electrons. The monoisotopic (exact) mass is 427 g/mol. The van der Waals surface area contributed by atoms with Crippen LogP contribution in [-0.4, -0.2) is 5.91 Å². The standard InChI is InChI=1S/C20H14INO2/c1-12-6-8-16(17(21)10-12)20(23)22-13-7-9-15-14-4-2-3-5-18(14)24-19(15)11-13/h2-11H,1H3,(H,22,23). The SMILES string of the molecule is Cc1ccc(C(=O)Nc2ccc3c(c2)oc2ccccc23)c(I)c1. The molecule has 0 aliphatic carbocycles. The molecule has 4 rings (SSSR count). The van der Waals surface area contributed by atoms with Crippen LogP contribution in [0.1, 0.15) is 15.9 Å². The van der Waals surface area contributed by atoms with Gasteiger partial charge < -0.3 is 9.73 Å². The van der Waals surface area contributed by atoms with Crippen LogP contribution in [0.25, 0.3) is 21.9 Å². The maximum atomic E-state index is 12.5. The van der Waals surface area contributed by atoms with E-state index in [-0.39, 0.29) is 5.91 Å². The van der Waals surface area contributed by atoms with Gasteiger partial charge in [-0.3, -0.25) is 4.79 Å². The minimum atomic E-state index is -0.116. The van der Waals surface area contributed by atoms with Crippen LogP contribution in [0.3, 0.4) is 0 Å². The lowest BCUT2D eigenvalue weighted by molar-refractivity contribution is 0.102. The Morgan fingerprint density at radius 2 is 1.75 bits per heavy atom. The maximum Gasteiger partial charge on any atom is 0.256 e. The van der Waals surface area contributed by atoms with Crippen molar-refractivity contribution in [1.29, 1.82) is 0 Å². The Balaban J connectivity index is 1.69. The van der Waals surface area contributed by atoms with E-state index in [4.69, 9.17) is 4.42 Å². The third-order valence-corrected chi connectivity index (χ3v) is 4.90. The molecule has 0 aliphatic rings. The van der Waals surface area contributed by atoms with Crippen molar-refractivity contribution in [1.82, 2.24) is 0 Å². The molecule has 0 radical (unpaired) electrons. The fraction of sp³-hybridized carbons (Fsp3) is 0.0500. The lowest BCUT2D eigenvalue weighted by Crippen LogP contribution is -2.13. The summed E-state index contributed by atoms with van der Waals surface area (Å²) in [6, 6.07) is 19.5. The highest BCUT2D eigenvalue weighted by atomic mass is 127. The normalized spacial score (nSPS) is 11.1. The average molecular weight is 427 g/mol. The first kappa shape index (κ1) is 15.2. The van der Waals surface area contributed by atoms with Crippen molar-refractivity contribution >= 4 is 56.1 Å². The molecular formula is C20H14INO2. The lowest BCUT2D eigenvalue weighted by atomic mass is 10.1. The van der Waals surface area contributed by atoms with Gasteiger partial charge in [-0.2, -0.15) is 0 Å². The molecule has 4 heteroatoms. The number of halogens is 1. The molecule has 0 saturated heterocycles. The highest BCUT2D eigenvalue weighted by Crippen LogP contribution is 2.30. The third-order valence-electron chi connectivity index (χ3n) is 4.01. The summed E-state index contributed by atoms with van der Waals surface area (Å²) in [5.74, 6) is -0.116. The first-order chi connectivity index (χ1) is 11.6. The smallest absolute Gasteiger partial charge is 0.256 e. The van der Waals surface area contributed by atoms with Gasteiger partial charge in [-0.05, 0) is 59.8 Å². The van der Waals surface area contributed by atoms with Crippen LogP contribution in [0, 0.1) is 10.5 Å². The number of para-hydroxylation sites is 1. The van der Waals surface area contributed by atoms with Gasteiger partial charge in [0.1, 0.15) is 11.2 Å². The first-order valence-corrected chi connectivity index (χ1v) is 8.68. The minimum absolute atomic E-state index is 0.116. The van der Waals surface area contributed by atoms with Gasteiger partial charge in [-0.1, -0.05) is 29.8 Å². The van der Waals surface area contributed by atoms with Crippen molar-refractivity contribution in [3.05, 3.63) is 75.4 Å². The van der Waals surface area contributed by atoms with E-state index in [9.17, 15) is 4.79 Å². The summed E-state index contributed by atoms with van der Waals surface area (Å²) in [6.45, 7) is 2.01. The molecule has 1 N–H and O–H groups in total. The zero-order chi connectivity index (χ0) is 16.7. The fourth-order valence-corrected chi connectivity index (χ4v) is 3.72. The molecule has 0 saturated carbocycles. The highest BCUT2D eigenvalue weighted by molar-refractivity contribution is 14.1. The number of nitrogens with one attached hydrogen (secondary N) is 1. The first-order valence-electron chi connectivity index (χ1n) is 7.60. The number of rotatable bonds is 2. The summed E-state index contributed by atoms with van der Waals surface area (Å²) >= 11 is 2.19. The molecule has 0 aliphatic heterocycles. The molecule has 3 nitrogen and oxygen atoms in total. The largest absolute Gasteiger partial charge is 0.456 e. The van der Waals surface area contributed by atoms with Gasteiger partial charge in [0.2, 0.25) is 0 Å². The van der Waals surface area contributed by atoms with Crippen LogP contribution in [0.4, 0.5) is 5.69 Å². The van der Waals surface area contributed by atoms with E-state index >= 15 is 0 Å². The lowest BCUT2D eigenvalue weighted by Gasteiger charge is -2.07. The molecule has 0 fully saturated rings. The van der Waals surface area contributed by atoms with Crippen LogP contribution in [0.5, 0.6) is 0 Å². The number of benzene rings is 3. The van der Waals surface area contributed by atoms with E-state index in [2.05, 4.69) is 27.9 Å². The predicted molar refractivity (Wildman–Crippen MR) is 106 cm³/mol. The van der Waals surface area contributed by atoms with Crippen LogP contribution >= 0.6 is 22.6 Å². The van der Waals surface area contributed by atoms with Crippen molar-refractivity contribution in [2.75, 3.05) is 5.32 Å². The molecule has 1 aromatic heterocycles. The van der Waals surface area contributed by atoms with Gasteiger partial charge in [0.15, 0.2) is 0 Å². The van der Waals surface area contributed by atoms with E-state index in [1.807, 2.05) is 67.6 Å². The Bertz CT molecular complexity index is 1080. The molecule has 1 heterocycles. The van der Waals surface area contributed by atoms with E-state index in [0.29, 0.717) is 5.56 Å². The Kier molecular flexibility index (Phi) is 3.76. The van der Waals surface area contributed by atoms with Crippen molar-refractivity contribution in [2.24, 2.45) is 0 Å². The zero-order valence-corrected chi connectivity index (χ0v) is 15.1. The number of hydrogen-bond acceptors (Lipinski definition) is 2. The number of furan rings is 1. The second-order valence-corrected chi connectivity index (χ2v) is 6.91. The molecule has 0 atom stereocenters. The molecule has 0 unspecified atom stereocenters. The topological polar surface area (TPSA) is 42.2 Å². The molecule has 3 aromatic carbocycles. The van der Waals surface area contributed by atoms with Crippen LogP contribution in [0.15, 0.2) is 65.1 Å². The van der Waals surface area contributed by atoms with Crippen molar-refractivity contribution in [2.45, 2.75) is 6.92 Å². The summed E-state index contributed by atoms with van der Waals surface area (Å²) in [6.07, 6.45) is 0. The quantitative estimate of drug-likeness (QED) is 0.414. The fourth-order valence-electron chi connectivity index (χ4n) is 2.81. The Morgan fingerprint density at radius 1 is 0.958 bits per heavy atom. The molecule has 4 aromatic rings. The van der Waals surface area contributed by atoms with Crippen molar-refractivity contribution in [3.63, 3.8) is 0 Å². The minimum Gasteiger partial charge on any atom is -0.456 e. The summed E-state index contributed by atoms with van der Waals surface area (Å²) < 4.78 is 6.81.